The first kappa shape index (κ1) is 12.6. The highest BCUT2D eigenvalue weighted by Crippen LogP contribution is 2.36. The SMILES string of the molecule is CC(=O)c1cccc(F)c1SC1CCOC1C. The van der Waals surface area contributed by atoms with Crippen LogP contribution in [0.2, 0.25) is 0 Å². The van der Waals surface area contributed by atoms with Crippen molar-refractivity contribution in [3.8, 4) is 0 Å². The Morgan fingerprint density at radius 3 is 2.88 bits per heavy atom. The minimum absolute atomic E-state index is 0.0985. The van der Waals surface area contributed by atoms with E-state index in [4.69, 9.17) is 4.74 Å². The molecule has 0 saturated carbocycles. The molecule has 0 aliphatic carbocycles. The Hall–Kier alpha value is -0.870. The molecule has 0 bridgehead atoms. The van der Waals surface area contributed by atoms with E-state index in [0.29, 0.717) is 17.1 Å². The molecular weight excluding hydrogens is 239 g/mol. The van der Waals surface area contributed by atoms with E-state index < -0.39 is 0 Å². The van der Waals surface area contributed by atoms with Gasteiger partial charge in [0.25, 0.3) is 0 Å². The van der Waals surface area contributed by atoms with Gasteiger partial charge in [-0.1, -0.05) is 12.1 Å². The molecule has 1 aliphatic rings. The number of carbonyl (C=O) groups excluding carboxylic acids is 1. The molecule has 0 spiro atoms. The van der Waals surface area contributed by atoms with Crippen LogP contribution in [-0.2, 0) is 4.74 Å². The minimum atomic E-state index is -0.318. The number of hydrogen-bond acceptors (Lipinski definition) is 3. The number of thioether (sulfide) groups is 1. The molecule has 1 heterocycles. The van der Waals surface area contributed by atoms with Gasteiger partial charge in [-0.15, -0.1) is 11.8 Å². The molecule has 0 aromatic heterocycles. The van der Waals surface area contributed by atoms with E-state index in [1.165, 1.54) is 24.8 Å². The monoisotopic (exact) mass is 254 g/mol. The van der Waals surface area contributed by atoms with E-state index in [1.807, 2.05) is 6.92 Å². The van der Waals surface area contributed by atoms with Crippen LogP contribution in [0.15, 0.2) is 23.1 Å². The topological polar surface area (TPSA) is 26.3 Å². The lowest BCUT2D eigenvalue weighted by Gasteiger charge is -2.15. The van der Waals surface area contributed by atoms with Crippen molar-refractivity contribution in [2.45, 2.75) is 36.5 Å². The second-order valence-electron chi connectivity index (χ2n) is 4.19. The average molecular weight is 254 g/mol. The number of ether oxygens (including phenoxy) is 1. The van der Waals surface area contributed by atoms with Crippen molar-refractivity contribution in [3.63, 3.8) is 0 Å². The molecule has 2 nitrogen and oxygen atoms in total. The number of ketones is 1. The third-order valence-electron chi connectivity index (χ3n) is 2.92. The van der Waals surface area contributed by atoms with Crippen LogP contribution in [0.1, 0.15) is 30.6 Å². The third kappa shape index (κ3) is 2.69. The second-order valence-corrected chi connectivity index (χ2v) is 5.44. The third-order valence-corrected chi connectivity index (χ3v) is 4.49. The fourth-order valence-corrected chi connectivity index (χ4v) is 3.23. The van der Waals surface area contributed by atoms with Gasteiger partial charge >= 0.3 is 0 Å². The fraction of sp³-hybridized carbons (Fsp3) is 0.462. The second kappa shape index (κ2) is 5.19. The number of carbonyl (C=O) groups is 1. The zero-order valence-corrected chi connectivity index (χ0v) is 10.7. The van der Waals surface area contributed by atoms with Crippen molar-refractivity contribution in [3.05, 3.63) is 29.6 Å². The first-order valence-electron chi connectivity index (χ1n) is 5.67. The molecule has 92 valence electrons. The van der Waals surface area contributed by atoms with Gasteiger partial charge in [0, 0.05) is 17.4 Å². The summed E-state index contributed by atoms with van der Waals surface area (Å²) in [5.74, 6) is -0.416. The summed E-state index contributed by atoms with van der Waals surface area (Å²) in [7, 11) is 0. The number of halogens is 1. The van der Waals surface area contributed by atoms with E-state index in [2.05, 4.69) is 0 Å². The van der Waals surface area contributed by atoms with Crippen molar-refractivity contribution < 1.29 is 13.9 Å². The summed E-state index contributed by atoms with van der Waals surface area (Å²) >= 11 is 1.42. The lowest BCUT2D eigenvalue weighted by Crippen LogP contribution is -2.14. The quantitative estimate of drug-likeness (QED) is 0.774. The van der Waals surface area contributed by atoms with Crippen LogP contribution in [-0.4, -0.2) is 23.7 Å². The van der Waals surface area contributed by atoms with Crippen LogP contribution in [0.5, 0.6) is 0 Å². The summed E-state index contributed by atoms with van der Waals surface area (Å²) in [5.41, 5.74) is 0.467. The van der Waals surface area contributed by atoms with Gasteiger partial charge in [-0.05, 0) is 26.3 Å². The number of benzene rings is 1. The van der Waals surface area contributed by atoms with Crippen LogP contribution in [0.25, 0.3) is 0 Å². The first-order valence-corrected chi connectivity index (χ1v) is 6.55. The van der Waals surface area contributed by atoms with Gasteiger partial charge in [-0.2, -0.15) is 0 Å². The van der Waals surface area contributed by atoms with E-state index in [9.17, 15) is 9.18 Å². The molecule has 1 saturated heterocycles. The Kier molecular flexibility index (Phi) is 3.84. The van der Waals surface area contributed by atoms with Crippen molar-refractivity contribution in [1.29, 1.82) is 0 Å². The Morgan fingerprint density at radius 1 is 1.53 bits per heavy atom. The molecule has 2 atom stereocenters. The predicted octanol–water partition coefficient (Wildman–Crippen LogP) is 3.30. The predicted molar refractivity (Wildman–Crippen MR) is 66.1 cm³/mol. The summed E-state index contributed by atoms with van der Waals surface area (Å²) < 4.78 is 19.2. The normalized spacial score (nSPS) is 23.9. The Bertz CT molecular complexity index is 433. The van der Waals surface area contributed by atoms with E-state index in [1.54, 1.807) is 12.1 Å². The molecule has 2 unspecified atom stereocenters. The van der Waals surface area contributed by atoms with Gasteiger partial charge in [0.2, 0.25) is 0 Å². The molecule has 1 aromatic rings. The van der Waals surface area contributed by atoms with Gasteiger partial charge in [0.1, 0.15) is 5.82 Å². The van der Waals surface area contributed by atoms with Gasteiger partial charge in [0.15, 0.2) is 5.78 Å². The van der Waals surface area contributed by atoms with Gasteiger partial charge in [0.05, 0.1) is 11.0 Å². The van der Waals surface area contributed by atoms with Crippen molar-refractivity contribution >= 4 is 17.5 Å². The summed E-state index contributed by atoms with van der Waals surface area (Å²) in [4.78, 5) is 11.9. The highest BCUT2D eigenvalue weighted by atomic mass is 32.2. The summed E-state index contributed by atoms with van der Waals surface area (Å²) in [6, 6.07) is 4.65. The summed E-state index contributed by atoms with van der Waals surface area (Å²) in [6.45, 7) is 4.16. The zero-order chi connectivity index (χ0) is 12.4. The van der Waals surface area contributed by atoms with Crippen LogP contribution in [0, 0.1) is 5.82 Å². The van der Waals surface area contributed by atoms with E-state index >= 15 is 0 Å². The highest BCUT2D eigenvalue weighted by molar-refractivity contribution is 8.00. The van der Waals surface area contributed by atoms with Crippen molar-refractivity contribution in [2.24, 2.45) is 0 Å². The maximum absolute atomic E-state index is 13.8. The summed E-state index contributed by atoms with van der Waals surface area (Å²) in [6.07, 6.45) is 1.01. The standard InChI is InChI=1S/C13H15FO2S/c1-8(15)10-4-3-5-11(14)13(10)17-12-6-7-16-9(12)2/h3-5,9,12H,6-7H2,1-2H3. The maximum atomic E-state index is 13.8. The summed E-state index contributed by atoms with van der Waals surface area (Å²) in [5, 5.41) is 0.227. The minimum Gasteiger partial charge on any atom is -0.377 e. The molecule has 2 rings (SSSR count). The largest absolute Gasteiger partial charge is 0.377 e. The molecule has 1 aromatic carbocycles. The molecule has 1 fully saturated rings. The molecule has 17 heavy (non-hydrogen) atoms. The van der Waals surface area contributed by atoms with Gasteiger partial charge in [-0.25, -0.2) is 4.39 Å². The van der Waals surface area contributed by atoms with Gasteiger partial charge < -0.3 is 4.74 Å². The van der Waals surface area contributed by atoms with E-state index in [0.717, 1.165) is 6.42 Å². The molecule has 0 amide bonds. The van der Waals surface area contributed by atoms with Crippen LogP contribution in [0.3, 0.4) is 0 Å². The molecule has 4 heteroatoms. The van der Waals surface area contributed by atoms with Crippen molar-refractivity contribution in [2.75, 3.05) is 6.61 Å². The molecular formula is C13H15FO2S. The molecule has 1 aliphatic heterocycles. The first-order chi connectivity index (χ1) is 8.09. The number of Topliss-reactive ketones (excluding diaryl/α,β-unsaturated/α-hetero) is 1. The fourth-order valence-electron chi connectivity index (χ4n) is 1.92. The zero-order valence-electron chi connectivity index (χ0n) is 9.90. The Labute approximate surface area is 105 Å². The smallest absolute Gasteiger partial charge is 0.161 e. The maximum Gasteiger partial charge on any atom is 0.161 e. The number of hydrogen-bond donors (Lipinski definition) is 0. The van der Waals surface area contributed by atoms with Crippen LogP contribution in [0.4, 0.5) is 4.39 Å². The Balaban J connectivity index is 2.27. The van der Waals surface area contributed by atoms with Crippen molar-refractivity contribution in [1.82, 2.24) is 0 Å². The molecule has 0 N–H and O–H groups in total. The number of rotatable bonds is 3. The lowest BCUT2D eigenvalue weighted by atomic mass is 10.1. The van der Waals surface area contributed by atoms with Crippen LogP contribution < -0.4 is 0 Å². The Morgan fingerprint density at radius 2 is 2.29 bits per heavy atom. The molecule has 0 radical (unpaired) electrons. The highest BCUT2D eigenvalue weighted by Gasteiger charge is 2.27. The average Bonchev–Trinajstić information content (AvgIpc) is 2.67. The van der Waals surface area contributed by atoms with Crippen LogP contribution >= 0.6 is 11.8 Å². The van der Waals surface area contributed by atoms with E-state index in [-0.39, 0.29) is 23.0 Å². The lowest BCUT2D eigenvalue weighted by molar-refractivity contribution is 0.101. The van der Waals surface area contributed by atoms with Gasteiger partial charge in [-0.3, -0.25) is 4.79 Å².